The first-order valence-corrected chi connectivity index (χ1v) is 9.37. The summed E-state index contributed by atoms with van der Waals surface area (Å²) in [6, 6.07) is 9.17. The number of hydrogen-bond acceptors (Lipinski definition) is 5. The van der Waals surface area contributed by atoms with Crippen LogP contribution in [0, 0.1) is 11.7 Å². The van der Waals surface area contributed by atoms with E-state index in [0.29, 0.717) is 43.0 Å². The number of benzene rings is 2. The van der Waals surface area contributed by atoms with Crippen molar-refractivity contribution in [3.05, 3.63) is 53.3 Å². The number of ether oxygens (including phenoxy) is 3. The molecule has 0 aromatic heterocycles. The van der Waals surface area contributed by atoms with Crippen LogP contribution in [0.4, 0.5) is 4.39 Å². The van der Waals surface area contributed by atoms with E-state index in [9.17, 15) is 14.0 Å². The lowest BCUT2D eigenvalue weighted by Crippen LogP contribution is -2.42. The standard InChI is InChI=1S/C22H24FNO5/c1-27-18-8-7-15(11-17(18)23)22(26)24-10-4-5-16(13-24)21(25)14-6-9-19(28-2)20(12-14)29-3/h6-9,11-12,16H,4-5,10,13H2,1-3H3/t16-/m0/s1. The molecule has 1 saturated heterocycles. The number of carbonyl (C=O) groups excluding carboxylic acids is 2. The summed E-state index contributed by atoms with van der Waals surface area (Å²) in [7, 11) is 4.42. The molecule has 29 heavy (non-hydrogen) atoms. The van der Waals surface area contributed by atoms with Crippen LogP contribution in [0.3, 0.4) is 0 Å². The number of Topliss-reactive ketones (excluding diaryl/α,β-unsaturated/α-hetero) is 1. The molecule has 0 saturated carbocycles. The zero-order valence-electron chi connectivity index (χ0n) is 16.7. The van der Waals surface area contributed by atoms with Gasteiger partial charge in [0.15, 0.2) is 28.8 Å². The summed E-state index contributed by atoms with van der Waals surface area (Å²) in [5.41, 5.74) is 0.750. The second-order valence-electron chi connectivity index (χ2n) is 6.87. The number of piperidine rings is 1. The summed E-state index contributed by atoms with van der Waals surface area (Å²) in [6.45, 7) is 0.821. The average Bonchev–Trinajstić information content (AvgIpc) is 2.77. The SMILES string of the molecule is COc1ccc(C(=O)N2CCC[C@H](C(=O)c3ccc(OC)c(OC)c3)C2)cc1F. The summed E-state index contributed by atoms with van der Waals surface area (Å²) in [4.78, 5) is 27.4. The Bertz CT molecular complexity index is 914. The Balaban J connectivity index is 1.75. The smallest absolute Gasteiger partial charge is 0.253 e. The first kappa shape index (κ1) is 20.6. The molecule has 0 N–H and O–H groups in total. The average molecular weight is 401 g/mol. The molecule has 0 unspecified atom stereocenters. The molecule has 7 heteroatoms. The maximum atomic E-state index is 14.0. The van der Waals surface area contributed by atoms with Crippen molar-refractivity contribution in [1.82, 2.24) is 4.90 Å². The van der Waals surface area contributed by atoms with Crippen LogP contribution in [0.25, 0.3) is 0 Å². The third kappa shape index (κ3) is 4.34. The van der Waals surface area contributed by atoms with Gasteiger partial charge in [-0.05, 0) is 49.2 Å². The summed E-state index contributed by atoms with van der Waals surface area (Å²) >= 11 is 0. The van der Waals surface area contributed by atoms with Crippen molar-refractivity contribution in [3.63, 3.8) is 0 Å². The fraction of sp³-hybridized carbons (Fsp3) is 0.364. The molecule has 1 atom stereocenters. The molecule has 2 aromatic carbocycles. The summed E-state index contributed by atoms with van der Waals surface area (Å²) in [6.07, 6.45) is 1.39. The van der Waals surface area contributed by atoms with Gasteiger partial charge in [0.25, 0.3) is 5.91 Å². The summed E-state index contributed by atoms with van der Waals surface area (Å²) in [5, 5.41) is 0. The monoisotopic (exact) mass is 401 g/mol. The predicted molar refractivity (Wildman–Crippen MR) is 105 cm³/mol. The molecule has 0 spiro atoms. The molecule has 1 aliphatic heterocycles. The Hall–Kier alpha value is -3.09. The third-order valence-corrected chi connectivity index (χ3v) is 5.15. The van der Waals surface area contributed by atoms with E-state index in [1.165, 1.54) is 39.5 Å². The molecule has 1 fully saturated rings. The maximum Gasteiger partial charge on any atom is 0.253 e. The molecular weight excluding hydrogens is 377 g/mol. The van der Waals surface area contributed by atoms with Gasteiger partial charge in [-0.1, -0.05) is 0 Å². The topological polar surface area (TPSA) is 65.1 Å². The van der Waals surface area contributed by atoms with Crippen LogP contribution in [0.2, 0.25) is 0 Å². The Morgan fingerprint density at radius 1 is 0.931 bits per heavy atom. The molecule has 154 valence electrons. The first-order chi connectivity index (χ1) is 14.0. The molecule has 1 amide bonds. The van der Waals surface area contributed by atoms with Gasteiger partial charge in [0.2, 0.25) is 0 Å². The first-order valence-electron chi connectivity index (χ1n) is 9.37. The number of carbonyl (C=O) groups is 2. The largest absolute Gasteiger partial charge is 0.494 e. The van der Waals surface area contributed by atoms with Gasteiger partial charge in [-0.3, -0.25) is 9.59 Å². The normalized spacial score (nSPS) is 16.3. The van der Waals surface area contributed by atoms with E-state index in [4.69, 9.17) is 14.2 Å². The zero-order chi connectivity index (χ0) is 21.0. The number of hydrogen-bond donors (Lipinski definition) is 0. The van der Waals surface area contributed by atoms with Crippen molar-refractivity contribution in [2.24, 2.45) is 5.92 Å². The van der Waals surface area contributed by atoms with E-state index >= 15 is 0 Å². The number of likely N-dealkylation sites (tertiary alicyclic amines) is 1. The lowest BCUT2D eigenvalue weighted by Gasteiger charge is -2.32. The van der Waals surface area contributed by atoms with Crippen molar-refractivity contribution in [1.29, 1.82) is 0 Å². The molecular formula is C22H24FNO5. The number of methoxy groups -OCH3 is 3. The molecule has 0 radical (unpaired) electrons. The fourth-order valence-corrected chi connectivity index (χ4v) is 3.58. The molecule has 3 rings (SSSR count). The van der Waals surface area contributed by atoms with Gasteiger partial charge in [-0.2, -0.15) is 0 Å². The van der Waals surface area contributed by atoms with Crippen molar-refractivity contribution >= 4 is 11.7 Å². The van der Waals surface area contributed by atoms with Gasteiger partial charge in [-0.15, -0.1) is 0 Å². The van der Waals surface area contributed by atoms with Gasteiger partial charge in [-0.25, -0.2) is 4.39 Å². The van der Waals surface area contributed by atoms with E-state index in [0.717, 1.165) is 0 Å². The minimum atomic E-state index is -0.590. The Kier molecular flexibility index (Phi) is 6.36. The van der Waals surface area contributed by atoms with Crippen LogP contribution < -0.4 is 14.2 Å². The number of halogens is 1. The van der Waals surface area contributed by atoms with Crippen molar-refractivity contribution in [2.75, 3.05) is 34.4 Å². The highest BCUT2D eigenvalue weighted by Crippen LogP contribution is 2.30. The Morgan fingerprint density at radius 2 is 1.59 bits per heavy atom. The lowest BCUT2D eigenvalue weighted by molar-refractivity contribution is 0.0636. The van der Waals surface area contributed by atoms with Gasteiger partial charge in [0.05, 0.1) is 21.3 Å². The van der Waals surface area contributed by atoms with E-state index in [1.54, 1.807) is 23.1 Å². The molecule has 2 aromatic rings. The van der Waals surface area contributed by atoms with Crippen LogP contribution in [-0.4, -0.2) is 51.0 Å². The molecule has 1 heterocycles. The predicted octanol–water partition coefficient (Wildman–Crippen LogP) is 3.59. The second-order valence-corrected chi connectivity index (χ2v) is 6.87. The number of ketones is 1. The van der Waals surface area contributed by atoms with Gasteiger partial charge in [0, 0.05) is 30.1 Å². The molecule has 6 nitrogen and oxygen atoms in total. The van der Waals surface area contributed by atoms with Gasteiger partial charge in [0.1, 0.15) is 0 Å². The quantitative estimate of drug-likeness (QED) is 0.692. The summed E-state index contributed by atoms with van der Waals surface area (Å²) in [5.74, 6) is -0.147. The highest BCUT2D eigenvalue weighted by atomic mass is 19.1. The number of nitrogens with zero attached hydrogens (tertiary/aromatic N) is 1. The molecule has 0 aliphatic carbocycles. The highest BCUT2D eigenvalue weighted by Gasteiger charge is 2.30. The Morgan fingerprint density at radius 3 is 2.24 bits per heavy atom. The van der Waals surface area contributed by atoms with Crippen LogP contribution in [-0.2, 0) is 0 Å². The molecule has 0 bridgehead atoms. The molecule has 1 aliphatic rings. The third-order valence-electron chi connectivity index (χ3n) is 5.15. The van der Waals surface area contributed by atoms with Gasteiger partial charge < -0.3 is 19.1 Å². The zero-order valence-corrected chi connectivity index (χ0v) is 16.7. The van der Waals surface area contributed by atoms with Crippen LogP contribution in [0.1, 0.15) is 33.6 Å². The fourth-order valence-electron chi connectivity index (χ4n) is 3.58. The van der Waals surface area contributed by atoms with Crippen molar-refractivity contribution in [3.8, 4) is 17.2 Å². The van der Waals surface area contributed by atoms with E-state index in [1.807, 2.05) is 0 Å². The Labute approximate surface area is 169 Å². The van der Waals surface area contributed by atoms with E-state index in [-0.39, 0.29) is 28.9 Å². The van der Waals surface area contributed by atoms with Crippen molar-refractivity contribution < 1.29 is 28.2 Å². The number of rotatable bonds is 6. The van der Waals surface area contributed by atoms with E-state index < -0.39 is 5.82 Å². The summed E-state index contributed by atoms with van der Waals surface area (Å²) < 4.78 is 29.3. The van der Waals surface area contributed by atoms with Crippen molar-refractivity contribution in [2.45, 2.75) is 12.8 Å². The minimum absolute atomic E-state index is 0.0515. The minimum Gasteiger partial charge on any atom is -0.494 e. The highest BCUT2D eigenvalue weighted by molar-refractivity contribution is 6.00. The number of amides is 1. The second kappa shape index (κ2) is 8.94. The van der Waals surface area contributed by atoms with Gasteiger partial charge >= 0.3 is 0 Å². The lowest BCUT2D eigenvalue weighted by atomic mass is 9.89. The maximum absolute atomic E-state index is 14.0. The van der Waals surface area contributed by atoms with Crippen LogP contribution in [0.15, 0.2) is 36.4 Å². The van der Waals surface area contributed by atoms with Crippen LogP contribution in [0.5, 0.6) is 17.2 Å². The van der Waals surface area contributed by atoms with Crippen LogP contribution >= 0.6 is 0 Å². The van der Waals surface area contributed by atoms with E-state index in [2.05, 4.69) is 0 Å².